The monoisotopic (exact) mass is 313 g/mol. The second-order valence-electron chi connectivity index (χ2n) is 3.45. The van der Waals surface area contributed by atoms with Crippen molar-refractivity contribution >= 4 is 47.4 Å². The van der Waals surface area contributed by atoms with Gasteiger partial charge in [0.25, 0.3) is 0 Å². The minimum atomic E-state index is 0. The van der Waals surface area contributed by atoms with Crippen LogP contribution in [0.25, 0.3) is 0 Å². The van der Waals surface area contributed by atoms with E-state index in [0.717, 1.165) is 35.3 Å². The topological polar surface area (TPSA) is 3.24 Å². The number of rotatable bonds is 6. The minimum absolute atomic E-state index is 0. The summed E-state index contributed by atoms with van der Waals surface area (Å²) in [5.74, 6) is 1.06. The third kappa shape index (κ3) is 6.21. The zero-order valence-corrected chi connectivity index (χ0v) is 13.2. The third-order valence-electron chi connectivity index (χ3n) is 2.45. The molecule has 0 saturated heterocycles. The number of hydrogen-bond acceptors (Lipinski definition) is 2. The SMILES string of the molecule is CCN(CC)CCSc1ccc(Cl)cc1Cl.Cl. The number of thioether (sulfide) groups is 1. The Hall–Kier alpha value is 0.400. The molecule has 0 aromatic heterocycles. The highest BCUT2D eigenvalue weighted by Crippen LogP contribution is 2.29. The average molecular weight is 315 g/mol. The molecular formula is C12H18Cl3NS. The van der Waals surface area contributed by atoms with E-state index in [1.54, 1.807) is 17.8 Å². The molecular weight excluding hydrogens is 297 g/mol. The van der Waals surface area contributed by atoms with Gasteiger partial charge in [-0.3, -0.25) is 0 Å². The molecule has 0 aliphatic carbocycles. The normalized spacial score (nSPS) is 10.4. The van der Waals surface area contributed by atoms with Crippen molar-refractivity contribution in [2.75, 3.05) is 25.4 Å². The maximum atomic E-state index is 6.09. The van der Waals surface area contributed by atoms with E-state index in [-0.39, 0.29) is 12.4 Å². The van der Waals surface area contributed by atoms with E-state index in [0.29, 0.717) is 5.02 Å². The van der Waals surface area contributed by atoms with Gasteiger partial charge < -0.3 is 4.90 Å². The van der Waals surface area contributed by atoms with Crippen LogP contribution in [0.5, 0.6) is 0 Å². The molecule has 1 rings (SSSR count). The zero-order chi connectivity index (χ0) is 12.0. The Morgan fingerprint density at radius 3 is 2.35 bits per heavy atom. The summed E-state index contributed by atoms with van der Waals surface area (Å²) in [6.45, 7) is 7.67. The van der Waals surface area contributed by atoms with Crippen LogP contribution in [0.1, 0.15) is 13.8 Å². The van der Waals surface area contributed by atoms with E-state index >= 15 is 0 Å². The molecule has 0 atom stereocenters. The summed E-state index contributed by atoms with van der Waals surface area (Å²) >= 11 is 13.7. The fourth-order valence-corrected chi connectivity index (χ4v) is 2.92. The van der Waals surface area contributed by atoms with Crippen LogP contribution in [0.15, 0.2) is 23.1 Å². The smallest absolute Gasteiger partial charge is 0.0556 e. The van der Waals surface area contributed by atoms with Gasteiger partial charge in [0.15, 0.2) is 0 Å². The van der Waals surface area contributed by atoms with Gasteiger partial charge in [-0.05, 0) is 31.3 Å². The van der Waals surface area contributed by atoms with Crippen molar-refractivity contribution in [2.45, 2.75) is 18.7 Å². The zero-order valence-electron chi connectivity index (χ0n) is 10.1. The molecule has 17 heavy (non-hydrogen) atoms. The second-order valence-corrected chi connectivity index (χ2v) is 5.43. The molecule has 0 spiro atoms. The largest absolute Gasteiger partial charge is 0.303 e. The molecule has 0 bridgehead atoms. The summed E-state index contributed by atoms with van der Waals surface area (Å²) in [7, 11) is 0. The molecule has 0 aliphatic rings. The van der Waals surface area contributed by atoms with Gasteiger partial charge in [-0.1, -0.05) is 37.0 Å². The van der Waals surface area contributed by atoms with Crippen LogP contribution in [0, 0.1) is 0 Å². The summed E-state index contributed by atoms with van der Waals surface area (Å²) < 4.78 is 0. The highest BCUT2D eigenvalue weighted by Gasteiger charge is 2.03. The van der Waals surface area contributed by atoms with Crippen LogP contribution in [0.2, 0.25) is 10.0 Å². The number of nitrogens with zero attached hydrogens (tertiary/aromatic N) is 1. The summed E-state index contributed by atoms with van der Waals surface area (Å²) in [5.41, 5.74) is 0. The summed E-state index contributed by atoms with van der Waals surface area (Å²) in [5, 5.41) is 1.44. The van der Waals surface area contributed by atoms with Crippen molar-refractivity contribution in [2.24, 2.45) is 0 Å². The number of benzene rings is 1. The first-order chi connectivity index (χ1) is 7.67. The van der Waals surface area contributed by atoms with Crippen LogP contribution in [-0.4, -0.2) is 30.3 Å². The number of halogens is 3. The van der Waals surface area contributed by atoms with E-state index in [4.69, 9.17) is 23.2 Å². The van der Waals surface area contributed by atoms with E-state index < -0.39 is 0 Å². The molecule has 1 aromatic carbocycles. The highest BCUT2D eigenvalue weighted by molar-refractivity contribution is 7.99. The van der Waals surface area contributed by atoms with Gasteiger partial charge in [-0.2, -0.15) is 0 Å². The first-order valence-corrected chi connectivity index (χ1v) is 7.21. The van der Waals surface area contributed by atoms with Gasteiger partial charge in [0.2, 0.25) is 0 Å². The molecule has 1 nitrogen and oxygen atoms in total. The van der Waals surface area contributed by atoms with Crippen molar-refractivity contribution in [1.82, 2.24) is 4.90 Å². The van der Waals surface area contributed by atoms with E-state index in [1.165, 1.54) is 0 Å². The van der Waals surface area contributed by atoms with Crippen LogP contribution in [-0.2, 0) is 0 Å². The van der Waals surface area contributed by atoms with Crippen molar-refractivity contribution in [3.05, 3.63) is 28.2 Å². The van der Waals surface area contributed by atoms with Crippen LogP contribution in [0.4, 0.5) is 0 Å². The predicted octanol–water partition coefficient (Wildman–Crippen LogP) is 4.85. The first kappa shape index (κ1) is 17.4. The third-order valence-corrected chi connectivity index (χ3v) is 4.17. The molecule has 1 aromatic rings. The fraction of sp³-hybridized carbons (Fsp3) is 0.500. The summed E-state index contributed by atoms with van der Waals surface area (Å²) in [6.07, 6.45) is 0. The van der Waals surface area contributed by atoms with Gasteiger partial charge >= 0.3 is 0 Å². The Bertz CT molecular complexity index is 330. The molecule has 0 radical (unpaired) electrons. The Morgan fingerprint density at radius 1 is 1.18 bits per heavy atom. The molecule has 0 unspecified atom stereocenters. The molecule has 0 fully saturated rings. The highest BCUT2D eigenvalue weighted by atomic mass is 35.5. The maximum absolute atomic E-state index is 6.09. The van der Waals surface area contributed by atoms with Crippen LogP contribution >= 0.6 is 47.4 Å². The molecule has 0 heterocycles. The molecule has 0 N–H and O–H groups in total. The first-order valence-electron chi connectivity index (χ1n) is 5.47. The van der Waals surface area contributed by atoms with Crippen LogP contribution in [0.3, 0.4) is 0 Å². The predicted molar refractivity (Wildman–Crippen MR) is 82.2 cm³/mol. The van der Waals surface area contributed by atoms with Gasteiger partial charge in [0.05, 0.1) is 5.02 Å². The van der Waals surface area contributed by atoms with Crippen molar-refractivity contribution < 1.29 is 0 Å². The lowest BCUT2D eigenvalue weighted by molar-refractivity contribution is 0.324. The standard InChI is InChI=1S/C12H17Cl2NS.ClH/c1-3-15(4-2)7-8-16-12-6-5-10(13)9-11(12)14;/h5-6,9H,3-4,7-8H2,1-2H3;1H. The van der Waals surface area contributed by atoms with E-state index in [1.807, 2.05) is 12.1 Å². The van der Waals surface area contributed by atoms with Crippen molar-refractivity contribution in [1.29, 1.82) is 0 Å². The van der Waals surface area contributed by atoms with Crippen molar-refractivity contribution in [3.8, 4) is 0 Å². The number of hydrogen-bond donors (Lipinski definition) is 0. The quantitative estimate of drug-likeness (QED) is 0.691. The fourth-order valence-electron chi connectivity index (χ4n) is 1.42. The Labute approximate surface area is 124 Å². The summed E-state index contributed by atoms with van der Waals surface area (Å²) in [6, 6.07) is 5.66. The molecule has 0 saturated carbocycles. The van der Waals surface area contributed by atoms with Crippen LogP contribution < -0.4 is 0 Å². The van der Waals surface area contributed by atoms with Gasteiger partial charge in [-0.25, -0.2) is 0 Å². The Balaban J connectivity index is 0.00000256. The molecule has 98 valence electrons. The molecule has 5 heteroatoms. The molecule has 0 aliphatic heterocycles. The Kier molecular flexibility index (Phi) is 9.57. The molecule has 0 amide bonds. The minimum Gasteiger partial charge on any atom is -0.303 e. The van der Waals surface area contributed by atoms with Gasteiger partial charge in [0.1, 0.15) is 0 Å². The summed E-state index contributed by atoms with van der Waals surface area (Å²) in [4.78, 5) is 3.51. The lowest BCUT2D eigenvalue weighted by Crippen LogP contribution is -2.25. The second kappa shape index (κ2) is 9.35. The van der Waals surface area contributed by atoms with E-state index in [2.05, 4.69) is 18.7 Å². The maximum Gasteiger partial charge on any atom is 0.0556 e. The van der Waals surface area contributed by atoms with Gasteiger partial charge in [0, 0.05) is 22.2 Å². The Morgan fingerprint density at radius 2 is 1.82 bits per heavy atom. The van der Waals surface area contributed by atoms with Crippen molar-refractivity contribution in [3.63, 3.8) is 0 Å². The lowest BCUT2D eigenvalue weighted by atomic mass is 10.4. The lowest BCUT2D eigenvalue weighted by Gasteiger charge is -2.17. The van der Waals surface area contributed by atoms with Gasteiger partial charge in [-0.15, -0.1) is 24.2 Å². The average Bonchev–Trinajstić information content (AvgIpc) is 2.27. The van der Waals surface area contributed by atoms with E-state index in [9.17, 15) is 0 Å².